The summed E-state index contributed by atoms with van der Waals surface area (Å²) in [4.78, 5) is 4.16. The SMILES string of the molecule is COCCn1cnc(I)c1I. The summed E-state index contributed by atoms with van der Waals surface area (Å²) in [6.07, 6.45) is 1.84. The molecule has 0 aliphatic carbocycles. The predicted molar refractivity (Wildman–Crippen MR) is 59.5 cm³/mol. The van der Waals surface area contributed by atoms with Crippen molar-refractivity contribution in [1.29, 1.82) is 0 Å². The minimum absolute atomic E-state index is 0.739. The van der Waals surface area contributed by atoms with Gasteiger partial charge in [0.05, 0.1) is 12.9 Å². The number of imidazole rings is 1. The number of halogens is 2. The molecule has 1 aromatic heterocycles. The second kappa shape index (κ2) is 4.61. The van der Waals surface area contributed by atoms with Crippen LogP contribution in [0.5, 0.6) is 0 Å². The first kappa shape index (κ1) is 9.72. The maximum atomic E-state index is 4.96. The Labute approximate surface area is 92.8 Å². The number of rotatable bonds is 3. The summed E-state index contributed by atoms with van der Waals surface area (Å²) in [7, 11) is 1.70. The van der Waals surface area contributed by atoms with Crippen molar-refractivity contribution in [2.24, 2.45) is 0 Å². The molecule has 0 bridgehead atoms. The van der Waals surface area contributed by atoms with Gasteiger partial charge in [-0.3, -0.25) is 0 Å². The van der Waals surface area contributed by atoms with E-state index in [-0.39, 0.29) is 0 Å². The van der Waals surface area contributed by atoms with E-state index in [1.54, 1.807) is 7.11 Å². The molecule has 0 N–H and O–H groups in total. The molecule has 0 saturated carbocycles. The molecule has 1 rings (SSSR count). The molecular weight excluding hydrogens is 370 g/mol. The Morgan fingerprint density at radius 3 is 2.82 bits per heavy atom. The van der Waals surface area contributed by atoms with E-state index in [4.69, 9.17) is 4.74 Å². The third-order valence-electron chi connectivity index (χ3n) is 1.27. The van der Waals surface area contributed by atoms with Crippen molar-refractivity contribution >= 4 is 45.2 Å². The molecule has 11 heavy (non-hydrogen) atoms. The molecule has 0 saturated heterocycles. The van der Waals surface area contributed by atoms with Crippen molar-refractivity contribution in [3.8, 4) is 0 Å². The molecule has 62 valence electrons. The van der Waals surface area contributed by atoms with Crippen molar-refractivity contribution < 1.29 is 4.74 Å². The van der Waals surface area contributed by atoms with Crippen LogP contribution in [0, 0.1) is 7.40 Å². The van der Waals surface area contributed by atoms with E-state index in [0.717, 1.165) is 16.9 Å². The molecule has 0 aliphatic heterocycles. The van der Waals surface area contributed by atoms with Gasteiger partial charge in [-0.1, -0.05) is 0 Å². The topological polar surface area (TPSA) is 27.1 Å². The highest BCUT2D eigenvalue weighted by Crippen LogP contribution is 2.12. The number of hydrogen-bond donors (Lipinski definition) is 0. The van der Waals surface area contributed by atoms with Crippen LogP contribution < -0.4 is 0 Å². The van der Waals surface area contributed by atoms with Gasteiger partial charge in [-0.25, -0.2) is 4.98 Å². The van der Waals surface area contributed by atoms with Crippen molar-refractivity contribution in [2.75, 3.05) is 13.7 Å². The number of ether oxygens (including phenoxy) is 1. The first-order valence-corrected chi connectivity index (χ1v) is 5.26. The zero-order valence-corrected chi connectivity index (χ0v) is 10.4. The van der Waals surface area contributed by atoms with Gasteiger partial charge in [-0.05, 0) is 45.2 Å². The Hall–Kier alpha value is 0.630. The van der Waals surface area contributed by atoms with Gasteiger partial charge in [0.25, 0.3) is 0 Å². The molecule has 5 heteroatoms. The fourth-order valence-electron chi connectivity index (χ4n) is 0.688. The third-order valence-corrected chi connectivity index (χ3v) is 4.22. The second-order valence-corrected chi connectivity index (χ2v) is 4.06. The fourth-order valence-corrected chi connectivity index (χ4v) is 1.63. The summed E-state index contributed by atoms with van der Waals surface area (Å²) in [6, 6.07) is 0. The van der Waals surface area contributed by atoms with E-state index in [1.165, 1.54) is 3.70 Å². The largest absolute Gasteiger partial charge is 0.383 e. The molecule has 0 atom stereocenters. The molecule has 0 fully saturated rings. The highest BCUT2D eigenvalue weighted by atomic mass is 127. The van der Waals surface area contributed by atoms with Gasteiger partial charge in [0.1, 0.15) is 7.40 Å². The number of aromatic nitrogens is 2. The number of methoxy groups -OCH3 is 1. The summed E-state index contributed by atoms with van der Waals surface area (Å²) in [5, 5.41) is 0. The lowest BCUT2D eigenvalue weighted by Crippen LogP contribution is -2.04. The number of hydrogen-bond acceptors (Lipinski definition) is 2. The summed E-state index contributed by atoms with van der Waals surface area (Å²) in [5.74, 6) is 0. The van der Waals surface area contributed by atoms with Gasteiger partial charge in [0, 0.05) is 13.7 Å². The molecule has 0 radical (unpaired) electrons. The van der Waals surface area contributed by atoms with Gasteiger partial charge in [0.2, 0.25) is 0 Å². The van der Waals surface area contributed by atoms with Gasteiger partial charge in [-0.2, -0.15) is 0 Å². The van der Waals surface area contributed by atoms with Crippen LogP contribution in [0.25, 0.3) is 0 Å². The van der Waals surface area contributed by atoms with Crippen LogP contribution in [0.1, 0.15) is 0 Å². The predicted octanol–water partition coefficient (Wildman–Crippen LogP) is 1.74. The molecule has 3 nitrogen and oxygen atoms in total. The van der Waals surface area contributed by atoms with E-state index in [1.807, 2.05) is 6.33 Å². The summed E-state index contributed by atoms with van der Waals surface area (Å²) >= 11 is 4.49. The Bertz CT molecular complexity index is 236. The molecule has 0 amide bonds. The van der Waals surface area contributed by atoms with E-state index >= 15 is 0 Å². The van der Waals surface area contributed by atoms with Gasteiger partial charge in [0.15, 0.2) is 0 Å². The highest BCUT2D eigenvalue weighted by Gasteiger charge is 2.02. The van der Waals surface area contributed by atoms with Gasteiger partial charge >= 0.3 is 0 Å². The van der Waals surface area contributed by atoms with Crippen molar-refractivity contribution in [3.05, 3.63) is 13.7 Å². The van der Waals surface area contributed by atoms with Crippen LogP contribution in [0.3, 0.4) is 0 Å². The molecule has 0 aliphatic rings. The molecular formula is C6H8I2N2O. The second-order valence-electron chi connectivity index (χ2n) is 2.01. The van der Waals surface area contributed by atoms with Crippen LogP contribution in [-0.4, -0.2) is 23.3 Å². The molecule has 0 unspecified atom stereocenters. The lowest BCUT2D eigenvalue weighted by Gasteiger charge is -2.01. The van der Waals surface area contributed by atoms with Crippen molar-refractivity contribution in [3.63, 3.8) is 0 Å². The standard InChI is InChI=1S/C6H8I2N2O/c1-11-3-2-10-4-9-5(7)6(10)8/h4H,2-3H2,1H3. The lowest BCUT2D eigenvalue weighted by atomic mass is 10.7. The van der Waals surface area contributed by atoms with Gasteiger partial charge < -0.3 is 9.30 Å². The van der Waals surface area contributed by atoms with Crippen LogP contribution in [0.4, 0.5) is 0 Å². The Balaban J connectivity index is 2.63. The Morgan fingerprint density at radius 2 is 2.36 bits per heavy atom. The highest BCUT2D eigenvalue weighted by molar-refractivity contribution is 14.1. The van der Waals surface area contributed by atoms with Crippen LogP contribution in [0.15, 0.2) is 6.33 Å². The van der Waals surface area contributed by atoms with Crippen LogP contribution >= 0.6 is 45.2 Å². The number of nitrogens with zero attached hydrogens (tertiary/aromatic N) is 2. The van der Waals surface area contributed by atoms with Crippen molar-refractivity contribution in [1.82, 2.24) is 9.55 Å². The smallest absolute Gasteiger partial charge is 0.132 e. The fraction of sp³-hybridized carbons (Fsp3) is 0.500. The summed E-state index contributed by atoms with van der Waals surface area (Å²) < 4.78 is 9.27. The summed E-state index contributed by atoms with van der Waals surface area (Å²) in [5.41, 5.74) is 0. The molecule has 0 aromatic carbocycles. The average molecular weight is 378 g/mol. The van der Waals surface area contributed by atoms with Crippen molar-refractivity contribution in [2.45, 2.75) is 6.54 Å². The van der Waals surface area contributed by atoms with E-state index in [0.29, 0.717) is 0 Å². The van der Waals surface area contributed by atoms with Gasteiger partial charge in [-0.15, -0.1) is 0 Å². The minimum Gasteiger partial charge on any atom is -0.383 e. The van der Waals surface area contributed by atoms with E-state index < -0.39 is 0 Å². The first-order chi connectivity index (χ1) is 5.25. The molecule has 0 spiro atoms. The molecule has 1 heterocycles. The average Bonchev–Trinajstić information content (AvgIpc) is 2.31. The maximum Gasteiger partial charge on any atom is 0.132 e. The maximum absolute atomic E-state index is 4.96. The third kappa shape index (κ3) is 2.55. The summed E-state index contributed by atoms with van der Waals surface area (Å²) in [6.45, 7) is 1.62. The van der Waals surface area contributed by atoms with E-state index in [2.05, 4.69) is 54.7 Å². The van der Waals surface area contributed by atoms with E-state index in [9.17, 15) is 0 Å². The van der Waals surface area contributed by atoms with Crippen LogP contribution in [-0.2, 0) is 11.3 Å². The lowest BCUT2D eigenvalue weighted by molar-refractivity contribution is 0.186. The molecule has 1 aromatic rings. The Kier molecular flexibility index (Phi) is 4.07. The normalized spacial score (nSPS) is 10.5. The first-order valence-electron chi connectivity index (χ1n) is 3.10. The zero-order valence-electron chi connectivity index (χ0n) is 6.05. The quantitative estimate of drug-likeness (QED) is 0.750. The van der Waals surface area contributed by atoms with Crippen LogP contribution in [0.2, 0.25) is 0 Å². The zero-order chi connectivity index (χ0) is 8.27. The Morgan fingerprint density at radius 1 is 1.64 bits per heavy atom. The minimum atomic E-state index is 0.739. The monoisotopic (exact) mass is 378 g/mol.